The minimum absolute atomic E-state index is 0.176. The number of hydrogen-bond acceptors (Lipinski definition) is 3. The van der Waals surface area contributed by atoms with Crippen LogP contribution in [0.1, 0.15) is 31.7 Å². The van der Waals surface area contributed by atoms with Gasteiger partial charge < -0.3 is 15.2 Å². The van der Waals surface area contributed by atoms with Crippen LogP contribution in [0.5, 0.6) is 5.75 Å². The maximum Gasteiger partial charge on any atom is 0.119 e. The summed E-state index contributed by atoms with van der Waals surface area (Å²) in [5, 5.41) is 13.1. The highest BCUT2D eigenvalue weighted by atomic mass is 16.5. The number of hydrogen-bond donors (Lipinski definition) is 2. The van der Waals surface area contributed by atoms with Crippen LogP contribution in [0.4, 0.5) is 0 Å². The quantitative estimate of drug-likeness (QED) is 0.821. The number of ether oxygens (including phenoxy) is 1. The zero-order chi connectivity index (χ0) is 12.1. The van der Waals surface area contributed by atoms with E-state index in [1.165, 1.54) is 5.56 Å². The Labute approximate surface area is 103 Å². The van der Waals surface area contributed by atoms with Crippen LogP contribution in [0, 0.1) is 0 Å². The third-order valence-electron chi connectivity index (χ3n) is 3.26. The fourth-order valence-electron chi connectivity index (χ4n) is 2.34. The molecule has 2 N–H and O–H groups in total. The van der Waals surface area contributed by atoms with E-state index in [0.717, 1.165) is 31.6 Å². The third kappa shape index (κ3) is 3.45. The summed E-state index contributed by atoms with van der Waals surface area (Å²) in [6.07, 6.45) is 2.95. The first-order valence-corrected chi connectivity index (χ1v) is 6.43. The molecule has 3 heteroatoms. The Morgan fingerprint density at radius 2 is 2.29 bits per heavy atom. The summed E-state index contributed by atoms with van der Waals surface area (Å²) >= 11 is 0. The molecule has 1 fully saturated rings. The molecule has 0 saturated heterocycles. The fourth-order valence-corrected chi connectivity index (χ4v) is 2.34. The molecular formula is C14H21NO2. The van der Waals surface area contributed by atoms with Crippen molar-refractivity contribution in [3.8, 4) is 5.75 Å². The number of aliphatic hydroxyl groups is 1. The van der Waals surface area contributed by atoms with Crippen molar-refractivity contribution in [2.24, 2.45) is 0 Å². The van der Waals surface area contributed by atoms with E-state index in [4.69, 9.17) is 4.74 Å². The molecule has 17 heavy (non-hydrogen) atoms. The van der Waals surface area contributed by atoms with Crippen molar-refractivity contribution in [3.63, 3.8) is 0 Å². The van der Waals surface area contributed by atoms with E-state index in [1.54, 1.807) is 0 Å². The monoisotopic (exact) mass is 235 g/mol. The summed E-state index contributed by atoms with van der Waals surface area (Å²) in [5.41, 5.74) is 1.20. The second-order valence-electron chi connectivity index (χ2n) is 4.57. The molecule has 1 saturated carbocycles. The van der Waals surface area contributed by atoms with Gasteiger partial charge in [0.05, 0.1) is 12.7 Å². The first kappa shape index (κ1) is 12.4. The van der Waals surface area contributed by atoms with Crippen molar-refractivity contribution in [2.45, 2.75) is 44.9 Å². The minimum Gasteiger partial charge on any atom is -0.494 e. The van der Waals surface area contributed by atoms with Gasteiger partial charge in [0, 0.05) is 12.6 Å². The molecule has 2 unspecified atom stereocenters. The van der Waals surface area contributed by atoms with Crippen LogP contribution in [0.25, 0.3) is 0 Å². The lowest BCUT2D eigenvalue weighted by Gasteiger charge is -2.16. The number of benzene rings is 1. The van der Waals surface area contributed by atoms with Crippen molar-refractivity contribution in [1.82, 2.24) is 5.32 Å². The molecule has 0 heterocycles. The van der Waals surface area contributed by atoms with Crippen LogP contribution >= 0.6 is 0 Å². The zero-order valence-electron chi connectivity index (χ0n) is 10.4. The summed E-state index contributed by atoms with van der Waals surface area (Å²) in [6.45, 7) is 3.47. The van der Waals surface area contributed by atoms with Gasteiger partial charge in [0.1, 0.15) is 5.75 Å². The summed E-state index contributed by atoms with van der Waals surface area (Å²) < 4.78 is 5.46. The zero-order valence-corrected chi connectivity index (χ0v) is 10.4. The van der Waals surface area contributed by atoms with E-state index in [2.05, 4.69) is 17.4 Å². The standard InChI is InChI=1S/C14H21NO2/c1-2-17-12-6-3-5-11(9-12)10-15-13-7-4-8-14(13)16/h3,5-6,9,13-16H,2,4,7-8,10H2,1H3. The topological polar surface area (TPSA) is 41.5 Å². The van der Waals surface area contributed by atoms with Crippen molar-refractivity contribution >= 4 is 0 Å². The highest BCUT2D eigenvalue weighted by molar-refractivity contribution is 5.28. The molecule has 3 nitrogen and oxygen atoms in total. The van der Waals surface area contributed by atoms with Crippen molar-refractivity contribution in [1.29, 1.82) is 0 Å². The molecule has 2 atom stereocenters. The molecule has 0 aromatic heterocycles. The molecule has 0 bridgehead atoms. The van der Waals surface area contributed by atoms with Crippen LogP contribution in [0.2, 0.25) is 0 Å². The Morgan fingerprint density at radius 1 is 1.41 bits per heavy atom. The second kappa shape index (κ2) is 6.03. The lowest BCUT2D eigenvalue weighted by molar-refractivity contribution is 0.148. The van der Waals surface area contributed by atoms with Crippen LogP contribution < -0.4 is 10.1 Å². The molecule has 2 rings (SSSR count). The SMILES string of the molecule is CCOc1cccc(CNC2CCCC2O)c1. The van der Waals surface area contributed by atoms with Crippen LogP contribution in [-0.4, -0.2) is 23.9 Å². The van der Waals surface area contributed by atoms with Crippen molar-refractivity contribution < 1.29 is 9.84 Å². The summed E-state index contributed by atoms with van der Waals surface area (Å²) in [6, 6.07) is 8.37. The van der Waals surface area contributed by atoms with Gasteiger partial charge in [-0.2, -0.15) is 0 Å². The fraction of sp³-hybridized carbons (Fsp3) is 0.571. The Morgan fingerprint density at radius 3 is 3.00 bits per heavy atom. The molecule has 1 aromatic rings. The maximum atomic E-state index is 9.72. The van der Waals surface area contributed by atoms with Gasteiger partial charge in [0.25, 0.3) is 0 Å². The van der Waals surface area contributed by atoms with Gasteiger partial charge in [-0.25, -0.2) is 0 Å². The molecular weight excluding hydrogens is 214 g/mol. The first-order valence-electron chi connectivity index (χ1n) is 6.43. The van der Waals surface area contributed by atoms with Crippen molar-refractivity contribution in [2.75, 3.05) is 6.61 Å². The van der Waals surface area contributed by atoms with Gasteiger partial charge in [-0.05, 0) is 43.9 Å². The molecule has 1 aliphatic rings. The van der Waals surface area contributed by atoms with E-state index in [9.17, 15) is 5.11 Å². The Kier molecular flexibility index (Phi) is 4.40. The summed E-state index contributed by atoms with van der Waals surface area (Å²) in [5.74, 6) is 0.916. The Hall–Kier alpha value is -1.06. The minimum atomic E-state index is -0.176. The summed E-state index contributed by atoms with van der Waals surface area (Å²) in [7, 11) is 0. The molecule has 0 radical (unpaired) electrons. The summed E-state index contributed by atoms with van der Waals surface area (Å²) in [4.78, 5) is 0. The van der Waals surface area contributed by atoms with Gasteiger partial charge in [0.2, 0.25) is 0 Å². The lowest BCUT2D eigenvalue weighted by Crippen LogP contribution is -2.35. The second-order valence-corrected chi connectivity index (χ2v) is 4.57. The average Bonchev–Trinajstić information content (AvgIpc) is 2.73. The Bertz CT molecular complexity index is 354. The van der Waals surface area contributed by atoms with Gasteiger partial charge in [0.15, 0.2) is 0 Å². The van der Waals surface area contributed by atoms with E-state index >= 15 is 0 Å². The molecule has 0 amide bonds. The molecule has 1 aliphatic carbocycles. The Balaban J connectivity index is 1.87. The predicted molar refractivity (Wildman–Crippen MR) is 68.1 cm³/mol. The molecule has 0 aliphatic heterocycles. The lowest BCUT2D eigenvalue weighted by atomic mass is 10.1. The van der Waals surface area contributed by atoms with Gasteiger partial charge >= 0.3 is 0 Å². The van der Waals surface area contributed by atoms with E-state index in [0.29, 0.717) is 6.61 Å². The van der Waals surface area contributed by atoms with E-state index in [-0.39, 0.29) is 12.1 Å². The van der Waals surface area contributed by atoms with Crippen molar-refractivity contribution in [3.05, 3.63) is 29.8 Å². The molecule has 94 valence electrons. The van der Waals surface area contributed by atoms with Crippen LogP contribution in [0.15, 0.2) is 24.3 Å². The average molecular weight is 235 g/mol. The first-order chi connectivity index (χ1) is 8.29. The van der Waals surface area contributed by atoms with Gasteiger partial charge in [-0.15, -0.1) is 0 Å². The largest absolute Gasteiger partial charge is 0.494 e. The number of nitrogens with one attached hydrogen (secondary N) is 1. The highest BCUT2D eigenvalue weighted by Gasteiger charge is 2.24. The maximum absolute atomic E-state index is 9.72. The van der Waals surface area contributed by atoms with E-state index in [1.807, 2.05) is 19.1 Å². The highest BCUT2D eigenvalue weighted by Crippen LogP contribution is 2.20. The number of aliphatic hydroxyl groups excluding tert-OH is 1. The van der Waals surface area contributed by atoms with Crippen LogP contribution in [0.3, 0.4) is 0 Å². The van der Waals surface area contributed by atoms with Gasteiger partial charge in [-0.1, -0.05) is 12.1 Å². The molecule has 1 aromatic carbocycles. The third-order valence-corrected chi connectivity index (χ3v) is 3.26. The normalized spacial score (nSPS) is 23.9. The molecule has 0 spiro atoms. The smallest absolute Gasteiger partial charge is 0.119 e. The van der Waals surface area contributed by atoms with Gasteiger partial charge in [-0.3, -0.25) is 0 Å². The van der Waals surface area contributed by atoms with E-state index < -0.39 is 0 Å². The number of rotatable bonds is 5. The van der Waals surface area contributed by atoms with Crippen LogP contribution in [-0.2, 0) is 6.54 Å². The predicted octanol–water partition coefficient (Wildman–Crippen LogP) is 2.09.